The highest BCUT2D eigenvalue weighted by Crippen LogP contribution is 2.31. The molecule has 11 heteroatoms. The fraction of sp³-hybridized carbons (Fsp3) is 0.476. The molecule has 32 heavy (non-hydrogen) atoms. The molecule has 0 N–H and O–H groups in total. The molecule has 3 heterocycles. The summed E-state index contributed by atoms with van der Waals surface area (Å²) in [6.45, 7) is 7.16. The summed E-state index contributed by atoms with van der Waals surface area (Å²) >= 11 is 1.65. The normalized spacial score (nSPS) is 15.5. The number of benzene rings is 1. The summed E-state index contributed by atoms with van der Waals surface area (Å²) in [5.41, 5.74) is 1.20. The maximum Gasteiger partial charge on any atom is 0.528 e. The van der Waals surface area contributed by atoms with Crippen LogP contribution in [0, 0.1) is 0 Å². The first kappa shape index (κ1) is 22.2. The second kappa shape index (κ2) is 9.61. The van der Waals surface area contributed by atoms with Crippen LogP contribution in [-0.4, -0.2) is 55.1 Å². The van der Waals surface area contributed by atoms with E-state index in [9.17, 15) is 4.79 Å². The second-order valence-corrected chi connectivity index (χ2v) is 9.36. The molecule has 10 nitrogen and oxygen atoms in total. The van der Waals surface area contributed by atoms with E-state index in [1.807, 2.05) is 50.4 Å². The van der Waals surface area contributed by atoms with Crippen molar-refractivity contribution in [2.45, 2.75) is 51.7 Å². The van der Waals surface area contributed by atoms with E-state index >= 15 is 0 Å². The molecular weight excluding hydrogens is 432 g/mol. The molecule has 1 saturated heterocycles. The minimum absolute atomic E-state index is 0.350. The van der Waals surface area contributed by atoms with E-state index < -0.39 is 11.8 Å². The standard InChI is InChI=1S/C21H26N6O4S/c1-21(2,3)30-20(28)31-26-10-8-15(9-11-26)19-23-16(13-32-19)12-29-18-6-4-17(5-7-18)27-14-22-24-25-27/h4-7,13-15H,8-12H2,1-3H3. The number of thiazole rings is 1. The number of piperidine rings is 1. The third kappa shape index (κ3) is 6.01. The molecule has 0 bridgehead atoms. The molecule has 0 amide bonds. The molecule has 0 atom stereocenters. The van der Waals surface area contributed by atoms with Crippen LogP contribution in [0.2, 0.25) is 0 Å². The van der Waals surface area contributed by atoms with Crippen molar-refractivity contribution in [2.75, 3.05) is 13.1 Å². The predicted molar refractivity (Wildman–Crippen MR) is 116 cm³/mol. The Labute approximate surface area is 190 Å². The van der Waals surface area contributed by atoms with Crippen LogP contribution in [0.3, 0.4) is 0 Å². The topological polar surface area (TPSA) is 104 Å². The molecule has 4 rings (SSSR count). The lowest BCUT2D eigenvalue weighted by Gasteiger charge is -2.30. The number of carbonyl (C=O) groups is 1. The van der Waals surface area contributed by atoms with Gasteiger partial charge in [-0.3, -0.25) is 0 Å². The van der Waals surface area contributed by atoms with E-state index in [1.165, 1.54) is 0 Å². The Hall–Kier alpha value is -3.05. The van der Waals surface area contributed by atoms with Crippen molar-refractivity contribution in [1.82, 2.24) is 30.3 Å². The molecule has 1 aliphatic rings. The Balaban J connectivity index is 1.23. The lowest BCUT2D eigenvalue weighted by atomic mass is 9.99. The van der Waals surface area contributed by atoms with Crippen LogP contribution in [0.5, 0.6) is 5.75 Å². The fourth-order valence-electron chi connectivity index (χ4n) is 3.28. The van der Waals surface area contributed by atoms with E-state index in [0.29, 0.717) is 25.6 Å². The van der Waals surface area contributed by atoms with E-state index in [4.69, 9.17) is 19.3 Å². The number of tetrazole rings is 1. The number of nitrogens with zero attached hydrogens (tertiary/aromatic N) is 6. The molecular formula is C21H26N6O4S. The average Bonchev–Trinajstić information content (AvgIpc) is 3.44. The third-order valence-electron chi connectivity index (χ3n) is 4.80. The first-order valence-electron chi connectivity index (χ1n) is 10.4. The molecule has 1 aromatic carbocycles. The number of aromatic nitrogens is 5. The molecule has 0 spiro atoms. The third-order valence-corrected chi connectivity index (χ3v) is 5.86. The minimum Gasteiger partial charge on any atom is -0.487 e. The predicted octanol–water partition coefficient (Wildman–Crippen LogP) is 3.74. The Kier molecular flexibility index (Phi) is 6.66. The SMILES string of the molecule is CC(C)(C)OC(=O)ON1CCC(c2nc(COc3ccc(-n4cnnn4)cc3)cs2)CC1. The van der Waals surface area contributed by atoms with Crippen LogP contribution in [0.4, 0.5) is 4.79 Å². The number of hydroxylamine groups is 2. The van der Waals surface area contributed by atoms with Crippen molar-refractivity contribution in [1.29, 1.82) is 0 Å². The van der Waals surface area contributed by atoms with E-state index in [2.05, 4.69) is 15.5 Å². The lowest BCUT2D eigenvalue weighted by molar-refractivity contribution is -0.152. The molecule has 0 aliphatic carbocycles. The molecule has 1 fully saturated rings. The Morgan fingerprint density at radius 1 is 1.19 bits per heavy atom. The van der Waals surface area contributed by atoms with Gasteiger partial charge in [0.15, 0.2) is 0 Å². The zero-order valence-corrected chi connectivity index (χ0v) is 19.1. The van der Waals surface area contributed by atoms with Crippen molar-refractivity contribution < 1.29 is 19.1 Å². The van der Waals surface area contributed by atoms with E-state index in [0.717, 1.165) is 35.0 Å². The van der Waals surface area contributed by atoms with Gasteiger partial charge in [-0.25, -0.2) is 14.5 Å². The van der Waals surface area contributed by atoms with Gasteiger partial charge in [0.05, 0.1) is 16.4 Å². The van der Waals surface area contributed by atoms with Gasteiger partial charge in [0.1, 0.15) is 24.3 Å². The largest absolute Gasteiger partial charge is 0.528 e. The van der Waals surface area contributed by atoms with E-state index in [-0.39, 0.29) is 0 Å². The molecule has 0 saturated carbocycles. The van der Waals surface area contributed by atoms with Gasteiger partial charge >= 0.3 is 6.16 Å². The van der Waals surface area contributed by atoms with Crippen LogP contribution >= 0.6 is 11.3 Å². The van der Waals surface area contributed by atoms with Crippen LogP contribution in [-0.2, 0) is 16.2 Å². The maximum absolute atomic E-state index is 11.8. The molecule has 3 aromatic rings. The number of hydrogen-bond donors (Lipinski definition) is 0. The first-order valence-corrected chi connectivity index (χ1v) is 11.3. The van der Waals surface area contributed by atoms with Crippen LogP contribution < -0.4 is 4.74 Å². The van der Waals surface area contributed by atoms with Gasteiger partial charge < -0.3 is 14.3 Å². The average molecular weight is 459 g/mol. The van der Waals surface area contributed by atoms with Crippen LogP contribution in [0.1, 0.15) is 50.2 Å². The summed E-state index contributed by atoms with van der Waals surface area (Å²) < 4.78 is 12.7. The van der Waals surface area contributed by atoms with Gasteiger partial charge in [-0.1, -0.05) is 0 Å². The van der Waals surface area contributed by atoms with Gasteiger partial charge in [0.25, 0.3) is 0 Å². The maximum atomic E-state index is 11.8. The van der Waals surface area contributed by atoms with Crippen molar-refractivity contribution in [3.63, 3.8) is 0 Å². The summed E-state index contributed by atoms with van der Waals surface area (Å²) in [4.78, 5) is 21.9. The van der Waals surface area contributed by atoms with Gasteiger partial charge in [0.2, 0.25) is 0 Å². The number of carbonyl (C=O) groups excluding carboxylic acids is 1. The zero-order valence-electron chi connectivity index (χ0n) is 18.3. The molecule has 0 unspecified atom stereocenters. The summed E-state index contributed by atoms with van der Waals surface area (Å²) in [5.74, 6) is 1.10. The highest BCUT2D eigenvalue weighted by atomic mass is 32.1. The molecule has 1 aliphatic heterocycles. The Bertz CT molecular complexity index is 1010. The molecule has 2 aromatic heterocycles. The van der Waals surface area contributed by atoms with Crippen LogP contribution in [0.15, 0.2) is 36.0 Å². The summed E-state index contributed by atoms with van der Waals surface area (Å²) in [6, 6.07) is 7.55. The lowest BCUT2D eigenvalue weighted by Crippen LogP contribution is -2.37. The summed E-state index contributed by atoms with van der Waals surface area (Å²) in [5, 5.41) is 15.9. The quantitative estimate of drug-likeness (QED) is 0.511. The molecule has 0 radical (unpaired) electrons. The van der Waals surface area contributed by atoms with Gasteiger partial charge in [-0.15, -0.1) is 21.5 Å². The number of ether oxygens (including phenoxy) is 2. The monoisotopic (exact) mass is 458 g/mol. The highest BCUT2D eigenvalue weighted by Gasteiger charge is 2.27. The Morgan fingerprint density at radius 2 is 1.94 bits per heavy atom. The first-order chi connectivity index (χ1) is 15.4. The van der Waals surface area contributed by atoms with E-state index in [1.54, 1.807) is 27.4 Å². The van der Waals surface area contributed by atoms with Crippen LogP contribution in [0.25, 0.3) is 5.69 Å². The fourth-order valence-corrected chi connectivity index (χ4v) is 4.25. The smallest absolute Gasteiger partial charge is 0.487 e. The van der Waals surface area contributed by atoms with Gasteiger partial charge in [-0.2, -0.15) is 0 Å². The number of hydrogen-bond acceptors (Lipinski definition) is 10. The highest BCUT2D eigenvalue weighted by molar-refractivity contribution is 7.09. The Morgan fingerprint density at radius 3 is 2.59 bits per heavy atom. The van der Waals surface area contributed by atoms with Gasteiger partial charge in [0, 0.05) is 24.4 Å². The second-order valence-electron chi connectivity index (χ2n) is 8.47. The summed E-state index contributed by atoms with van der Waals surface area (Å²) in [7, 11) is 0. The number of rotatable bonds is 6. The zero-order chi connectivity index (χ0) is 22.6. The summed E-state index contributed by atoms with van der Waals surface area (Å²) in [6.07, 6.45) is 2.63. The van der Waals surface area contributed by atoms with Crippen molar-refractivity contribution in [2.24, 2.45) is 0 Å². The minimum atomic E-state index is -0.657. The van der Waals surface area contributed by atoms with Crippen molar-refractivity contribution in [3.05, 3.63) is 46.7 Å². The molecule has 170 valence electrons. The van der Waals surface area contributed by atoms with Gasteiger partial charge in [-0.05, 0) is 68.3 Å². The van der Waals surface area contributed by atoms with Crippen molar-refractivity contribution in [3.8, 4) is 11.4 Å². The van der Waals surface area contributed by atoms with Crippen molar-refractivity contribution >= 4 is 17.5 Å².